The van der Waals surface area contributed by atoms with Gasteiger partial charge in [-0.3, -0.25) is 4.79 Å². The van der Waals surface area contributed by atoms with Gasteiger partial charge in [0.1, 0.15) is 0 Å². The van der Waals surface area contributed by atoms with Gasteiger partial charge in [-0.1, -0.05) is 29.2 Å². The molecule has 1 aromatic rings. The Morgan fingerprint density at radius 1 is 1.71 bits per heavy atom. The molecule has 1 aromatic heterocycles. The number of carboxylic acid groups (broad SMARTS) is 1. The number of hydrogen-bond donors (Lipinski definition) is 2. The van der Waals surface area contributed by atoms with Crippen LogP contribution in [0.5, 0.6) is 0 Å². The Balaban J connectivity index is 2.42. The lowest BCUT2D eigenvalue weighted by Crippen LogP contribution is -1.96. The number of rotatable bonds is 6. The van der Waals surface area contributed by atoms with Crippen molar-refractivity contribution in [2.75, 3.05) is 17.6 Å². The van der Waals surface area contributed by atoms with Crippen molar-refractivity contribution in [1.82, 2.24) is 10.2 Å². The van der Waals surface area contributed by atoms with E-state index < -0.39 is 5.97 Å². The van der Waals surface area contributed by atoms with Crippen LogP contribution in [0.15, 0.2) is 17.0 Å². The topological polar surface area (TPSA) is 75.1 Å². The summed E-state index contributed by atoms with van der Waals surface area (Å²) in [6, 6.07) is 0. The normalized spacial score (nSPS) is 9.71. The van der Waals surface area contributed by atoms with Gasteiger partial charge in [-0.25, -0.2) is 0 Å². The molecule has 0 amide bonds. The first-order chi connectivity index (χ1) is 6.72. The van der Waals surface area contributed by atoms with Gasteiger partial charge in [0.05, 0.1) is 5.75 Å². The van der Waals surface area contributed by atoms with Gasteiger partial charge in [0, 0.05) is 6.54 Å². The minimum atomic E-state index is -0.856. The van der Waals surface area contributed by atoms with Gasteiger partial charge in [0.25, 0.3) is 0 Å². The van der Waals surface area contributed by atoms with Crippen molar-refractivity contribution in [3.05, 3.63) is 12.7 Å². The maximum atomic E-state index is 10.3. The summed E-state index contributed by atoms with van der Waals surface area (Å²) in [5.74, 6) is -0.846. The Morgan fingerprint density at radius 2 is 2.50 bits per heavy atom. The van der Waals surface area contributed by atoms with Crippen molar-refractivity contribution in [2.24, 2.45) is 0 Å². The van der Waals surface area contributed by atoms with E-state index >= 15 is 0 Å². The maximum Gasteiger partial charge on any atom is 0.313 e. The van der Waals surface area contributed by atoms with E-state index in [1.165, 1.54) is 11.3 Å². The molecule has 0 saturated heterocycles. The summed E-state index contributed by atoms with van der Waals surface area (Å²) in [6.45, 7) is 4.18. The third kappa shape index (κ3) is 3.75. The predicted molar refractivity (Wildman–Crippen MR) is 57.0 cm³/mol. The van der Waals surface area contributed by atoms with Crippen LogP contribution in [0.1, 0.15) is 0 Å². The first kappa shape index (κ1) is 11.0. The van der Waals surface area contributed by atoms with E-state index in [2.05, 4.69) is 22.1 Å². The van der Waals surface area contributed by atoms with E-state index in [4.69, 9.17) is 5.11 Å². The number of nitrogens with zero attached hydrogens (tertiary/aromatic N) is 2. The molecule has 0 saturated carbocycles. The Labute approximate surface area is 89.2 Å². The monoisotopic (exact) mass is 231 g/mol. The predicted octanol–water partition coefficient (Wildman–Crippen LogP) is 1.31. The van der Waals surface area contributed by atoms with E-state index in [0.717, 1.165) is 11.8 Å². The third-order valence-electron chi connectivity index (χ3n) is 1.12. The lowest BCUT2D eigenvalue weighted by Gasteiger charge is -1.92. The molecule has 0 fully saturated rings. The molecule has 5 nitrogen and oxygen atoms in total. The zero-order valence-electron chi connectivity index (χ0n) is 7.27. The second-order valence-corrected chi connectivity index (χ2v) is 4.43. The van der Waals surface area contributed by atoms with Crippen molar-refractivity contribution >= 4 is 34.2 Å². The van der Waals surface area contributed by atoms with Crippen LogP contribution >= 0.6 is 23.1 Å². The molecular formula is C7H9N3O2S2. The minimum Gasteiger partial charge on any atom is -0.481 e. The van der Waals surface area contributed by atoms with E-state index in [1.54, 1.807) is 6.08 Å². The molecule has 0 atom stereocenters. The number of carboxylic acids is 1. The lowest BCUT2D eigenvalue weighted by molar-refractivity contribution is -0.133. The standard InChI is InChI=1S/C7H9N3O2S2/c1-2-3-8-6-9-10-7(14-6)13-4-5(11)12/h2H,1,3-4H2,(H,8,9)(H,11,12). The van der Waals surface area contributed by atoms with Crippen LogP contribution < -0.4 is 5.32 Å². The van der Waals surface area contributed by atoms with Gasteiger partial charge in [0.15, 0.2) is 4.34 Å². The van der Waals surface area contributed by atoms with Crippen molar-refractivity contribution in [1.29, 1.82) is 0 Å². The molecule has 0 aliphatic heterocycles. The number of carbonyl (C=O) groups is 1. The minimum absolute atomic E-state index is 0.0100. The molecule has 14 heavy (non-hydrogen) atoms. The highest BCUT2D eigenvalue weighted by atomic mass is 32.2. The highest BCUT2D eigenvalue weighted by molar-refractivity contribution is 8.01. The number of anilines is 1. The Bertz CT molecular complexity index is 326. The molecular weight excluding hydrogens is 222 g/mol. The average molecular weight is 231 g/mol. The molecule has 0 unspecified atom stereocenters. The molecule has 0 bridgehead atoms. The highest BCUT2D eigenvalue weighted by Gasteiger charge is 2.05. The Kier molecular flexibility index (Phi) is 4.41. The average Bonchev–Trinajstić information content (AvgIpc) is 2.59. The van der Waals surface area contributed by atoms with Gasteiger partial charge in [-0.15, -0.1) is 16.8 Å². The Hall–Kier alpha value is -1.08. The summed E-state index contributed by atoms with van der Waals surface area (Å²) in [7, 11) is 0. The van der Waals surface area contributed by atoms with E-state index in [9.17, 15) is 4.79 Å². The molecule has 1 rings (SSSR count). The first-order valence-corrected chi connectivity index (χ1v) is 5.55. The van der Waals surface area contributed by atoms with Crippen molar-refractivity contribution in [3.63, 3.8) is 0 Å². The fourth-order valence-corrected chi connectivity index (χ4v) is 2.10. The maximum absolute atomic E-state index is 10.3. The summed E-state index contributed by atoms with van der Waals surface area (Å²) in [5.41, 5.74) is 0. The van der Waals surface area contributed by atoms with Gasteiger partial charge in [-0.05, 0) is 0 Å². The number of thioether (sulfide) groups is 1. The fraction of sp³-hybridized carbons (Fsp3) is 0.286. The zero-order valence-corrected chi connectivity index (χ0v) is 8.90. The van der Waals surface area contributed by atoms with Crippen molar-refractivity contribution in [2.45, 2.75) is 4.34 Å². The molecule has 7 heteroatoms. The Morgan fingerprint density at radius 3 is 3.14 bits per heavy atom. The molecule has 0 aliphatic carbocycles. The van der Waals surface area contributed by atoms with Crippen LogP contribution in [-0.2, 0) is 4.79 Å². The first-order valence-electron chi connectivity index (χ1n) is 3.75. The fourth-order valence-electron chi connectivity index (χ4n) is 0.622. The molecule has 1 heterocycles. The molecule has 0 radical (unpaired) electrons. The van der Waals surface area contributed by atoms with Gasteiger partial charge in [-0.2, -0.15) is 0 Å². The van der Waals surface area contributed by atoms with Crippen LogP contribution in [0.4, 0.5) is 5.13 Å². The highest BCUT2D eigenvalue weighted by Crippen LogP contribution is 2.24. The lowest BCUT2D eigenvalue weighted by atomic mass is 10.6. The third-order valence-corrected chi connectivity index (χ3v) is 3.12. The van der Waals surface area contributed by atoms with Crippen molar-refractivity contribution < 1.29 is 9.90 Å². The molecule has 0 aromatic carbocycles. The molecule has 2 N–H and O–H groups in total. The summed E-state index contributed by atoms with van der Waals surface area (Å²) in [6.07, 6.45) is 1.71. The number of nitrogens with one attached hydrogen (secondary N) is 1. The summed E-state index contributed by atoms with van der Waals surface area (Å²) >= 11 is 2.50. The molecule has 76 valence electrons. The quantitative estimate of drug-likeness (QED) is 0.568. The molecule has 0 spiro atoms. The van der Waals surface area contributed by atoms with Crippen LogP contribution in [0.2, 0.25) is 0 Å². The van der Waals surface area contributed by atoms with E-state index in [0.29, 0.717) is 16.0 Å². The van der Waals surface area contributed by atoms with Gasteiger partial charge < -0.3 is 10.4 Å². The van der Waals surface area contributed by atoms with E-state index in [-0.39, 0.29) is 5.75 Å². The van der Waals surface area contributed by atoms with Gasteiger partial charge >= 0.3 is 5.97 Å². The SMILES string of the molecule is C=CCNc1nnc(SCC(=O)O)s1. The zero-order chi connectivity index (χ0) is 10.4. The second kappa shape index (κ2) is 5.61. The summed E-state index contributed by atoms with van der Waals surface area (Å²) in [4.78, 5) is 10.3. The van der Waals surface area contributed by atoms with E-state index in [1.807, 2.05) is 0 Å². The number of aliphatic carboxylic acids is 1. The molecule has 0 aliphatic rings. The largest absolute Gasteiger partial charge is 0.481 e. The van der Waals surface area contributed by atoms with Crippen LogP contribution in [0, 0.1) is 0 Å². The summed E-state index contributed by atoms with van der Waals surface area (Å²) < 4.78 is 0.652. The number of hydrogen-bond acceptors (Lipinski definition) is 6. The number of aromatic nitrogens is 2. The summed E-state index contributed by atoms with van der Waals surface area (Å²) in [5, 5.41) is 19.7. The van der Waals surface area contributed by atoms with Crippen molar-refractivity contribution in [3.8, 4) is 0 Å². The van der Waals surface area contributed by atoms with Gasteiger partial charge in [0.2, 0.25) is 5.13 Å². The smallest absolute Gasteiger partial charge is 0.313 e. The second-order valence-electron chi connectivity index (χ2n) is 2.23. The van der Waals surface area contributed by atoms with Crippen LogP contribution in [0.25, 0.3) is 0 Å². The van der Waals surface area contributed by atoms with Crippen LogP contribution in [0.3, 0.4) is 0 Å². The van der Waals surface area contributed by atoms with Crippen LogP contribution in [-0.4, -0.2) is 33.6 Å².